The number of carbonyl (C=O) groups is 1. The van der Waals surface area contributed by atoms with Gasteiger partial charge in [0.15, 0.2) is 0 Å². The number of rotatable bonds is 5. The topological polar surface area (TPSA) is 54.5 Å². The van der Waals surface area contributed by atoms with E-state index in [0.717, 1.165) is 66.8 Å². The van der Waals surface area contributed by atoms with Crippen LogP contribution in [0.3, 0.4) is 0 Å². The van der Waals surface area contributed by atoms with Crippen LogP contribution in [0.25, 0.3) is 10.6 Å². The highest BCUT2D eigenvalue weighted by atomic mass is 32.1. The van der Waals surface area contributed by atoms with Crippen molar-refractivity contribution in [2.45, 2.75) is 32.2 Å². The molecule has 2 aliphatic heterocycles. The molecule has 0 radical (unpaired) electrons. The molecule has 1 atom stereocenters. The van der Waals surface area contributed by atoms with Crippen LogP contribution < -0.4 is 5.32 Å². The molecule has 0 bridgehead atoms. The first kappa shape index (κ1) is 18.6. The minimum Gasteiger partial charge on any atom is -0.381 e. The highest BCUT2D eigenvalue weighted by molar-refractivity contribution is 7.17. The van der Waals surface area contributed by atoms with Crippen molar-refractivity contribution in [2.24, 2.45) is 5.92 Å². The van der Waals surface area contributed by atoms with Crippen molar-refractivity contribution in [3.05, 3.63) is 40.9 Å². The third kappa shape index (κ3) is 4.57. The summed E-state index contributed by atoms with van der Waals surface area (Å²) in [5.41, 5.74) is 1.88. The van der Waals surface area contributed by atoms with Crippen molar-refractivity contribution in [3.63, 3.8) is 0 Å². The van der Waals surface area contributed by atoms with Gasteiger partial charge in [-0.3, -0.25) is 4.79 Å². The van der Waals surface area contributed by atoms with Gasteiger partial charge in [-0.15, -0.1) is 11.3 Å². The van der Waals surface area contributed by atoms with Gasteiger partial charge in [0.05, 0.1) is 12.3 Å². The molecule has 3 heterocycles. The molecule has 2 aliphatic rings. The second-order valence-electron chi connectivity index (χ2n) is 7.58. The Morgan fingerprint density at radius 3 is 2.74 bits per heavy atom. The number of aryl methyl sites for hydroxylation is 1. The number of hydrogen-bond acceptors (Lipinski definition) is 5. The Hall–Kier alpha value is -1.76. The summed E-state index contributed by atoms with van der Waals surface area (Å²) >= 11 is 1.48. The second-order valence-corrected chi connectivity index (χ2v) is 8.58. The number of nitrogens with one attached hydrogen (secondary N) is 1. The number of nitrogens with zero attached hydrogens (tertiary/aromatic N) is 2. The minimum absolute atomic E-state index is 0.0230. The molecule has 0 saturated carbocycles. The third-order valence-corrected chi connectivity index (χ3v) is 6.69. The Balaban J connectivity index is 1.31. The lowest BCUT2D eigenvalue weighted by molar-refractivity contribution is 0.0906. The first-order valence-corrected chi connectivity index (χ1v) is 10.6. The lowest BCUT2D eigenvalue weighted by Crippen LogP contribution is -2.45. The van der Waals surface area contributed by atoms with Gasteiger partial charge in [-0.1, -0.05) is 30.3 Å². The van der Waals surface area contributed by atoms with Crippen LogP contribution >= 0.6 is 11.3 Å². The van der Waals surface area contributed by atoms with Crippen LogP contribution in [0.2, 0.25) is 0 Å². The summed E-state index contributed by atoms with van der Waals surface area (Å²) in [7, 11) is 0. The van der Waals surface area contributed by atoms with Gasteiger partial charge in [0.1, 0.15) is 9.88 Å². The van der Waals surface area contributed by atoms with Crippen LogP contribution in [-0.4, -0.2) is 54.7 Å². The first-order chi connectivity index (χ1) is 13.2. The summed E-state index contributed by atoms with van der Waals surface area (Å²) in [4.78, 5) is 20.6. The van der Waals surface area contributed by atoms with Crippen molar-refractivity contribution in [2.75, 3.05) is 32.8 Å². The maximum absolute atomic E-state index is 12.8. The van der Waals surface area contributed by atoms with Gasteiger partial charge in [0.25, 0.3) is 5.91 Å². The molecule has 0 aliphatic carbocycles. The van der Waals surface area contributed by atoms with Crippen molar-refractivity contribution in [1.29, 1.82) is 0 Å². The van der Waals surface area contributed by atoms with Crippen molar-refractivity contribution >= 4 is 17.2 Å². The summed E-state index contributed by atoms with van der Waals surface area (Å²) < 4.78 is 5.48. The summed E-state index contributed by atoms with van der Waals surface area (Å²) in [5, 5.41) is 4.14. The van der Waals surface area contributed by atoms with Crippen molar-refractivity contribution in [3.8, 4) is 10.6 Å². The Kier molecular flexibility index (Phi) is 5.86. The number of ether oxygens (including phenoxy) is 1. The molecule has 0 spiro atoms. The highest BCUT2D eigenvalue weighted by Gasteiger charge is 2.26. The van der Waals surface area contributed by atoms with Gasteiger partial charge >= 0.3 is 0 Å². The molecule has 1 aromatic carbocycles. The maximum Gasteiger partial charge on any atom is 0.263 e. The maximum atomic E-state index is 12.8. The molecule has 6 heteroatoms. The minimum atomic E-state index is 0.0230. The number of carbonyl (C=O) groups excluding carboxylic acids is 1. The lowest BCUT2D eigenvalue weighted by atomic mass is 10.0. The molecular weight excluding hydrogens is 358 g/mol. The van der Waals surface area contributed by atoms with E-state index in [9.17, 15) is 4.79 Å². The zero-order chi connectivity index (χ0) is 18.6. The highest BCUT2D eigenvalue weighted by Crippen LogP contribution is 2.28. The van der Waals surface area contributed by atoms with Gasteiger partial charge in [-0.05, 0) is 32.1 Å². The Morgan fingerprint density at radius 1 is 1.26 bits per heavy atom. The molecular formula is C21H27N3O2S. The summed E-state index contributed by atoms with van der Waals surface area (Å²) in [6, 6.07) is 10.3. The van der Waals surface area contributed by atoms with E-state index in [1.807, 2.05) is 37.3 Å². The van der Waals surface area contributed by atoms with E-state index in [-0.39, 0.29) is 11.9 Å². The van der Waals surface area contributed by atoms with Gasteiger partial charge in [-0.2, -0.15) is 0 Å². The molecule has 5 nitrogen and oxygen atoms in total. The molecule has 0 unspecified atom stereocenters. The average Bonchev–Trinajstić information content (AvgIpc) is 3.34. The van der Waals surface area contributed by atoms with E-state index in [2.05, 4.69) is 15.2 Å². The van der Waals surface area contributed by atoms with E-state index >= 15 is 0 Å². The number of benzene rings is 1. The molecule has 2 saturated heterocycles. The van der Waals surface area contributed by atoms with Crippen LogP contribution in [0.15, 0.2) is 30.3 Å². The van der Waals surface area contributed by atoms with E-state index in [4.69, 9.17) is 4.74 Å². The van der Waals surface area contributed by atoms with E-state index in [1.165, 1.54) is 17.8 Å². The number of likely N-dealkylation sites (tertiary alicyclic amines) is 1. The quantitative estimate of drug-likeness (QED) is 0.858. The fourth-order valence-corrected chi connectivity index (χ4v) is 4.89. The average molecular weight is 386 g/mol. The van der Waals surface area contributed by atoms with Crippen LogP contribution in [0.1, 0.15) is 34.6 Å². The zero-order valence-electron chi connectivity index (χ0n) is 15.8. The Morgan fingerprint density at radius 2 is 2.04 bits per heavy atom. The number of piperidine rings is 1. The first-order valence-electron chi connectivity index (χ1n) is 9.83. The van der Waals surface area contributed by atoms with Gasteiger partial charge in [0.2, 0.25) is 0 Å². The molecule has 4 rings (SSSR count). The summed E-state index contributed by atoms with van der Waals surface area (Å²) in [6.45, 7) is 6.98. The van der Waals surface area contributed by atoms with E-state index in [0.29, 0.717) is 5.92 Å². The number of hydrogen-bond donors (Lipinski definition) is 1. The van der Waals surface area contributed by atoms with Crippen LogP contribution in [0.4, 0.5) is 0 Å². The van der Waals surface area contributed by atoms with E-state index in [1.54, 1.807) is 0 Å². The SMILES string of the molecule is Cc1nc(-c2ccccc2)sc1C(=O)NC1CCN(C[C@H]2CCOC2)CC1. The molecule has 1 aromatic heterocycles. The number of aromatic nitrogens is 1. The van der Waals surface area contributed by atoms with Gasteiger partial charge < -0.3 is 15.0 Å². The summed E-state index contributed by atoms with van der Waals surface area (Å²) in [5.74, 6) is 0.710. The predicted octanol–water partition coefficient (Wildman–Crippen LogP) is 3.35. The molecule has 2 fully saturated rings. The Bertz CT molecular complexity index is 763. The van der Waals surface area contributed by atoms with E-state index < -0.39 is 0 Å². The fourth-order valence-electron chi connectivity index (χ4n) is 3.91. The second kappa shape index (κ2) is 8.50. The summed E-state index contributed by atoms with van der Waals surface area (Å²) in [6.07, 6.45) is 3.22. The number of thiazole rings is 1. The van der Waals surface area contributed by atoms with Crippen LogP contribution in [0.5, 0.6) is 0 Å². The molecule has 1 amide bonds. The molecule has 1 N–H and O–H groups in total. The fraction of sp³-hybridized carbons (Fsp3) is 0.524. The molecule has 27 heavy (non-hydrogen) atoms. The molecule has 2 aromatic rings. The molecule has 144 valence electrons. The standard InChI is InChI=1S/C21H27N3O2S/c1-15-19(27-21(22-15)17-5-3-2-4-6-17)20(25)23-18-7-10-24(11-8-18)13-16-9-12-26-14-16/h2-6,16,18H,7-14H2,1H3,(H,23,25)/t16-/m1/s1. The smallest absolute Gasteiger partial charge is 0.263 e. The predicted molar refractivity (Wildman–Crippen MR) is 108 cm³/mol. The largest absolute Gasteiger partial charge is 0.381 e. The zero-order valence-corrected chi connectivity index (χ0v) is 16.6. The van der Waals surface area contributed by atoms with Crippen LogP contribution in [0, 0.1) is 12.8 Å². The van der Waals surface area contributed by atoms with Crippen molar-refractivity contribution < 1.29 is 9.53 Å². The Labute approximate surface area is 164 Å². The normalized spacial score (nSPS) is 21.4. The van der Waals surface area contributed by atoms with Gasteiger partial charge in [-0.25, -0.2) is 4.98 Å². The van der Waals surface area contributed by atoms with Crippen molar-refractivity contribution in [1.82, 2.24) is 15.2 Å². The van der Waals surface area contributed by atoms with Crippen LogP contribution in [-0.2, 0) is 4.74 Å². The monoisotopic (exact) mass is 385 g/mol. The van der Waals surface area contributed by atoms with Gasteiger partial charge in [0, 0.05) is 37.8 Å². The number of amides is 1. The third-order valence-electron chi connectivity index (χ3n) is 5.49. The lowest BCUT2D eigenvalue weighted by Gasteiger charge is -2.33.